The molecular formula is C18H26FN3O2. The summed E-state index contributed by atoms with van der Waals surface area (Å²) in [5.74, 6) is -0.472. The summed E-state index contributed by atoms with van der Waals surface area (Å²) in [5, 5.41) is 0. The molecule has 24 heavy (non-hydrogen) atoms. The molecule has 2 N–H and O–H groups in total. The van der Waals surface area contributed by atoms with Gasteiger partial charge in [-0.25, -0.2) is 4.39 Å². The fraction of sp³-hybridized carbons (Fsp3) is 0.556. The number of benzene rings is 1. The highest BCUT2D eigenvalue weighted by atomic mass is 19.1. The number of amides is 2. The van der Waals surface area contributed by atoms with Crippen molar-refractivity contribution in [1.82, 2.24) is 9.80 Å². The van der Waals surface area contributed by atoms with Crippen molar-refractivity contribution in [2.24, 2.45) is 5.73 Å². The Kier molecular flexibility index (Phi) is 5.94. The van der Waals surface area contributed by atoms with Crippen molar-refractivity contribution in [3.8, 4) is 0 Å². The highest BCUT2D eigenvalue weighted by Crippen LogP contribution is 2.21. The Labute approximate surface area is 142 Å². The molecule has 5 nitrogen and oxygen atoms in total. The van der Waals surface area contributed by atoms with Gasteiger partial charge in [-0.1, -0.05) is 12.1 Å². The number of hydrogen-bond donors (Lipinski definition) is 1. The molecular weight excluding hydrogens is 309 g/mol. The lowest BCUT2D eigenvalue weighted by Crippen LogP contribution is -2.48. The number of carbonyl (C=O) groups is 2. The molecule has 1 fully saturated rings. The molecule has 1 aliphatic rings. The van der Waals surface area contributed by atoms with E-state index in [0.717, 1.165) is 5.56 Å². The zero-order valence-corrected chi connectivity index (χ0v) is 14.6. The molecule has 2 amide bonds. The molecule has 1 heterocycles. The lowest BCUT2D eigenvalue weighted by molar-refractivity contribution is -0.143. The molecule has 6 heteroatoms. The Morgan fingerprint density at radius 2 is 2.00 bits per heavy atom. The number of likely N-dealkylation sites (N-methyl/N-ethyl adjacent to an activating group) is 1. The van der Waals surface area contributed by atoms with Crippen LogP contribution < -0.4 is 5.73 Å². The number of aryl methyl sites for hydroxylation is 1. The quantitative estimate of drug-likeness (QED) is 0.886. The van der Waals surface area contributed by atoms with E-state index < -0.39 is 6.04 Å². The first kappa shape index (κ1) is 18.4. The van der Waals surface area contributed by atoms with E-state index >= 15 is 0 Å². The monoisotopic (exact) mass is 335 g/mol. The normalized spacial score (nSPS) is 20.3. The van der Waals surface area contributed by atoms with Crippen molar-refractivity contribution in [1.29, 1.82) is 0 Å². The Bertz CT molecular complexity index is 616. The summed E-state index contributed by atoms with van der Waals surface area (Å²) in [6.45, 7) is 7.12. The molecule has 2 rings (SSSR count). The minimum absolute atomic E-state index is 0.0448. The molecule has 0 aromatic heterocycles. The molecule has 1 aromatic carbocycles. The smallest absolute Gasteiger partial charge is 0.245 e. The Hall–Kier alpha value is -1.95. The summed E-state index contributed by atoms with van der Waals surface area (Å²) in [6, 6.07) is 3.97. The minimum atomic E-state index is -0.492. The minimum Gasteiger partial charge on any atom is -0.341 e. The molecule has 2 atom stereocenters. The van der Waals surface area contributed by atoms with Crippen molar-refractivity contribution in [3.05, 3.63) is 35.1 Å². The number of rotatable bonds is 5. The molecule has 1 aliphatic heterocycles. The van der Waals surface area contributed by atoms with Gasteiger partial charge in [0.25, 0.3) is 0 Å². The Morgan fingerprint density at radius 1 is 1.33 bits per heavy atom. The number of nitrogens with zero attached hydrogens (tertiary/aromatic N) is 2. The second kappa shape index (κ2) is 7.75. The van der Waals surface area contributed by atoms with Crippen molar-refractivity contribution >= 4 is 11.8 Å². The van der Waals surface area contributed by atoms with E-state index in [4.69, 9.17) is 5.73 Å². The number of nitrogens with two attached hydrogens (primary N) is 1. The van der Waals surface area contributed by atoms with Crippen LogP contribution in [0.2, 0.25) is 0 Å². The van der Waals surface area contributed by atoms with Gasteiger partial charge in [-0.05, 0) is 44.4 Å². The topological polar surface area (TPSA) is 66.6 Å². The van der Waals surface area contributed by atoms with Crippen LogP contribution in [0.3, 0.4) is 0 Å². The van der Waals surface area contributed by atoms with E-state index in [1.165, 1.54) is 6.07 Å². The maximum Gasteiger partial charge on any atom is 0.245 e. The first-order chi connectivity index (χ1) is 11.4. The molecule has 0 aliphatic carbocycles. The van der Waals surface area contributed by atoms with Gasteiger partial charge in [0, 0.05) is 25.7 Å². The van der Waals surface area contributed by atoms with Crippen LogP contribution in [0.5, 0.6) is 0 Å². The van der Waals surface area contributed by atoms with E-state index in [1.54, 1.807) is 28.9 Å². The molecule has 0 spiro atoms. The lowest BCUT2D eigenvalue weighted by atomic mass is 10.1. The lowest BCUT2D eigenvalue weighted by Gasteiger charge is -2.29. The molecule has 0 bridgehead atoms. The third kappa shape index (κ3) is 3.93. The summed E-state index contributed by atoms with van der Waals surface area (Å²) >= 11 is 0. The van der Waals surface area contributed by atoms with Gasteiger partial charge in [0.1, 0.15) is 11.9 Å². The van der Waals surface area contributed by atoms with Crippen LogP contribution in [0.25, 0.3) is 0 Å². The third-order valence-corrected chi connectivity index (χ3v) is 4.59. The van der Waals surface area contributed by atoms with E-state index in [1.807, 2.05) is 13.8 Å². The number of likely N-dealkylation sites (tertiary alicyclic amines) is 1. The van der Waals surface area contributed by atoms with Crippen LogP contribution in [-0.2, 0) is 16.0 Å². The summed E-state index contributed by atoms with van der Waals surface area (Å²) in [5.41, 5.74) is 7.25. The van der Waals surface area contributed by atoms with Crippen LogP contribution in [0.15, 0.2) is 18.2 Å². The largest absolute Gasteiger partial charge is 0.341 e. The molecule has 0 saturated carbocycles. The summed E-state index contributed by atoms with van der Waals surface area (Å²) in [7, 11) is 0. The van der Waals surface area contributed by atoms with Gasteiger partial charge in [0.05, 0.1) is 6.42 Å². The zero-order chi connectivity index (χ0) is 17.9. The molecule has 132 valence electrons. The van der Waals surface area contributed by atoms with Gasteiger partial charge < -0.3 is 15.5 Å². The van der Waals surface area contributed by atoms with Crippen molar-refractivity contribution < 1.29 is 14.0 Å². The zero-order valence-electron chi connectivity index (χ0n) is 14.6. The summed E-state index contributed by atoms with van der Waals surface area (Å²) in [6.07, 6.45) is 0.638. The van der Waals surface area contributed by atoms with Crippen LogP contribution in [-0.4, -0.2) is 53.3 Å². The average molecular weight is 335 g/mol. The predicted molar refractivity (Wildman–Crippen MR) is 90.9 cm³/mol. The average Bonchev–Trinajstić information content (AvgIpc) is 2.94. The molecule has 0 radical (unpaired) electrons. The van der Waals surface area contributed by atoms with Gasteiger partial charge in [0.2, 0.25) is 11.8 Å². The molecule has 1 saturated heterocycles. The van der Waals surface area contributed by atoms with E-state index in [0.29, 0.717) is 31.6 Å². The number of carbonyl (C=O) groups excluding carboxylic acids is 2. The van der Waals surface area contributed by atoms with Crippen molar-refractivity contribution in [2.45, 2.75) is 45.7 Å². The van der Waals surface area contributed by atoms with Gasteiger partial charge in [-0.15, -0.1) is 0 Å². The third-order valence-electron chi connectivity index (χ3n) is 4.59. The highest BCUT2D eigenvalue weighted by Gasteiger charge is 2.39. The fourth-order valence-electron chi connectivity index (χ4n) is 3.22. The molecule has 1 aromatic rings. The number of halogens is 1. The molecule has 0 unspecified atom stereocenters. The Morgan fingerprint density at radius 3 is 2.58 bits per heavy atom. The SMILES string of the molecule is CCN(CC)C(=O)[C@@H]1C[C@H](N)CN1C(=O)Cc1ccc(F)c(C)c1. The van der Waals surface area contributed by atoms with Gasteiger partial charge in [0.15, 0.2) is 0 Å². The summed E-state index contributed by atoms with van der Waals surface area (Å²) < 4.78 is 13.4. The van der Waals surface area contributed by atoms with Crippen LogP contribution in [0, 0.1) is 12.7 Å². The van der Waals surface area contributed by atoms with Crippen LogP contribution >= 0.6 is 0 Å². The summed E-state index contributed by atoms with van der Waals surface area (Å²) in [4.78, 5) is 28.6. The van der Waals surface area contributed by atoms with E-state index in [2.05, 4.69) is 0 Å². The van der Waals surface area contributed by atoms with Gasteiger partial charge in [-0.2, -0.15) is 0 Å². The van der Waals surface area contributed by atoms with Crippen LogP contribution in [0.4, 0.5) is 4.39 Å². The standard InChI is InChI=1S/C18H26FN3O2/c1-4-21(5-2)18(24)16-10-14(20)11-22(16)17(23)9-13-6-7-15(19)12(3)8-13/h6-8,14,16H,4-5,9-11,20H2,1-3H3/t14-,16-/m0/s1. The predicted octanol–water partition coefficient (Wildman–Crippen LogP) is 1.47. The second-order valence-electron chi connectivity index (χ2n) is 6.33. The first-order valence-corrected chi connectivity index (χ1v) is 8.46. The maximum atomic E-state index is 13.4. The maximum absolute atomic E-state index is 13.4. The van der Waals surface area contributed by atoms with Crippen LogP contribution in [0.1, 0.15) is 31.4 Å². The number of hydrogen-bond acceptors (Lipinski definition) is 3. The van der Waals surface area contributed by atoms with Gasteiger partial charge in [-0.3, -0.25) is 9.59 Å². The van der Waals surface area contributed by atoms with Crippen molar-refractivity contribution in [3.63, 3.8) is 0 Å². The fourth-order valence-corrected chi connectivity index (χ4v) is 3.22. The van der Waals surface area contributed by atoms with Gasteiger partial charge >= 0.3 is 0 Å². The van der Waals surface area contributed by atoms with Crippen molar-refractivity contribution in [2.75, 3.05) is 19.6 Å². The van der Waals surface area contributed by atoms with E-state index in [-0.39, 0.29) is 30.1 Å². The van der Waals surface area contributed by atoms with E-state index in [9.17, 15) is 14.0 Å². The first-order valence-electron chi connectivity index (χ1n) is 8.46. The Balaban J connectivity index is 2.13. The second-order valence-corrected chi connectivity index (χ2v) is 6.33. The highest BCUT2D eigenvalue weighted by molar-refractivity contribution is 5.89.